The van der Waals surface area contributed by atoms with Crippen molar-refractivity contribution in [3.8, 4) is 11.3 Å². The van der Waals surface area contributed by atoms with Gasteiger partial charge in [0.05, 0.1) is 12.2 Å². The lowest BCUT2D eigenvalue weighted by molar-refractivity contribution is -0.142. The average Bonchev–Trinajstić information content (AvgIpc) is 3.10. The van der Waals surface area contributed by atoms with Crippen molar-refractivity contribution in [1.29, 1.82) is 0 Å². The highest BCUT2D eigenvalue weighted by molar-refractivity contribution is 5.94. The third-order valence-corrected chi connectivity index (χ3v) is 4.19. The van der Waals surface area contributed by atoms with Crippen LogP contribution in [0.25, 0.3) is 11.3 Å². The van der Waals surface area contributed by atoms with Crippen LogP contribution in [0, 0.1) is 11.7 Å². The van der Waals surface area contributed by atoms with E-state index >= 15 is 0 Å². The first kappa shape index (κ1) is 17.2. The van der Waals surface area contributed by atoms with Gasteiger partial charge in [-0.2, -0.15) is 0 Å². The average molecular weight is 347 g/mol. The van der Waals surface area contributed by atoms with E-state index in [1.165, 1.54) is 24.3 Å². The van der Waals surface area contributed by atoms with Gasteiger partial charge in [-0.1, -0.05) is 12.1 Å². The van der Waals surface area contributed by atoms with Crippen LogP contribution >= 0.6 is 0 Å². The zero-order chi connectivity index (χ0) is 17.8. The number of carboxylic acids is 1. The number of furan rings is 1. The topological polar surface area (TPSA) is 88.8 Å². The van der Waals surface area contributed by atoms with E-state index < -0.39 is 23.7 Å². The molecule has 1 aromatic carbocycles. The summed E-state index contributed by atoms with van der Waals surface area (Å²) < 4.78 is 24.5. The second-order valence-corrected chi connectivity index (χ2v) is 5.91. The smallest absolute Gasteiger partial charge is 0.326 e. The Hall–Kier alpha value is -2.67. The molecule has 1 saturated heterocycles. The molecule has 3 rings (SSSR count). The van der Waals surface area contributed by atoms with Gasteiger partial charge in [0.15, 0.2) is 5.76 Å². The van der Waals surface area contributed by atoms with E-state index in [0.29, 0.717) is 13.0 Å². The Balaban J connectivity index is 1.74. The lowest BCUT2D eigenvalue weighted by atomic mass is 9.93. The van der Waals surface area contributed by atoms with Crippen LogP contribution in [0.15, 0.2) is 40.8 Å². The molecule has 1 aromatic heterocycles. The molecule has 25 heavy (non-hydrogen) atoms. The van der Waals surface area contributed by atoms with E-state index in [9.17, 15) is 19.1 Å². The van der Waals surface area contributed by atoms with Crippen LogP contribution in [0.1, 0.15) is 23.4 Å². The largest absolute Gasteiger partial charge is 0.480 e. The molecule has 132 valence electrons. The maximum Gasteiger partial charge on any atom is 0.326 e. The van der Waals surface area contributed by atoms with Crippen LogP contribution < -0.4 is 5.32 Å². The maximum atomic E-state index is 13.8. The van der Waals surface area contributed by atoms with Gasteiger partial charge in [-0.25, -0.2) is 9.18 Å². The quantitative estimate of drug-likeness (QED) is 0.868. The van der Waals surface area contributed by atoms with Crippen LogP contribution in [0.4, 0.5) is 4.39 Å². The first-order valence-electron chi connectivity index (χ1n) is 8.02. The molecule has 7 heteroatoms. The van der Waals surface area contributed by atoms with E-state index in [1.54, 1.807) is 12.1 Å². The number of halogens is 1. The van der Waals surface area contributed by atoms with Crippen molar-refractivity contribution in [2.45, 2.75) is 18.9 Å². The highest BCUT2D eigenvalue weighted by Crippen LogP contribution is 2.25. The first-order chi connectivity index (χ1) is 12.1. The number of carboxylic acid groups (broad SMARTS) is 1. The Morgan fingerprint density at radius 1 is 1.24 bits per heavy atom. The normalized spacial score (nSPS) is 18.5. The molecular weight excluding hydrogens is 329 g/mol. The summed E-state index contributed by atoms with van der Waals surface area (Å²) in [6.45, 7) is 0.886. The maximum absolute atomic E-state index is 13.8. The Morgan fingerprint density at radius 3 is 2.72 bits per heavy atom. The predicted molar refractivity (Wildman–Crippen MR) is 86.5 cm³/mol. The van der Waals surface area contributed by atoms with Gasteiger partial charge in [0.1, 0.15) is 17.6 Å². The molecular formula is C18H18FNO5. The van der Waals surface area contributed by atoms with Crippen molar-refractivity contribution in [2.24, 2.45) is 5.92 Å². The molecule has 0 saturated carbocycles. The Morgan fingerprint density at radius 2 is 2.04 bits per heavy atom. The van der Waals surface area contributed by atoms with E-state index in [-0.39, 0.29) is 29.6 Å². The van der Waals surface area contributed by atoms with Crippen molar-refractivity contribution in [3.05, 3.63) is 48.0 Å². The molecule has 1 amide bonds. The number of ether oxygens (including phenoxy) is 1. The van der Waals surface area contributed by atoms with Gasteiger partial charge < -0.3 is 19.6 Å². The van der Waals surface area contributed by atoms with Gasteiger partial charge >= 0.3 is 5.97 Å². The monoisotopic (exact) mass is 347 g/mol. The molecule has 0 aliphatic carbocycles. The van der Waals surface area contributed by atoms with Gasteiger partial charge in [-0.3, -0.25) is 4.79 Å². The third-order valence-electron chi connectivity index (χ3n) is 4.19. The molecule has 2 unspecified atom stereocenters. The van der Waals surface area contributed by atoms with Crippen LogP contribution in [-0.2, 0) is 9.53 Å². The predicted octanol–water partition coefficient (Wildman–Crippen LogP) is 2.70. The lowest BCUT2D eigenvalue weighted by Crippen LogP contribution is -2.48. The molecule has 0 bridgehead atoms. The lowest BCUT2D eigenvalue weighted by Gasteiger charge is -2.27. The van der Waals surface area contributed by atoms with Gasteiger partial charge in [0.2, 0.25) is 0 Å². The minimum atomic E-state index is -1.12. The number of carbonyl (C=O) groups is 2. The number of hydrogen-bond acceptors (Lipinski definition) is 4. The summed E-state index contributed by atoms with van der Waals surface area (Å²) in [6.07, 6.45) is 1.42. The zero-order valence-electron chi connectivity index (χ0n) is 13.4. The second-order valence-electron chi connectivity index (χ2n) is 5.91. The van der Waals surface area contributed by atoms with Gasteiger partial charge in [0, 0.05) is 12.5 Å². The fourth-order valence-electron chi connectivity index (χ4n) is 2.89. The number of aliphatic carboxylic acids is 1. The Kier molecular flexibility index (Phi) is 5.14. The van der Waals surface area contributed by atoms with Crippen molar-refractivity contribution in [1.82, 2.24) is 5.32 Å². The van der Waals surface area contributed by atoms with E-state index in [2.05, 4.69) is 5.32 Å². The molecule has 2 N–H and O–H groups in total. The molecule has 0 spiro atoms. The van der Waals surface area contributed by atoms with Gasteiger partial charge in [0.25, 0.3) is 5.91 Å². The van der Waals surface area contributed by atoms with Crippen molar-refractivity contribution in [3.63, 3.8) is 0 Å². The summed E-state index contributed by atoms with van der Waals surface area (Å²) in [5, 5.41) is 11.9. The van der Waals surface area contributed by atoms with Gasteiger partial charge in [-0.15, -0.1) is 0 Å². The van der Waals surface area contributed by atoms with Crippen LogP contribution in [-0.4, -0.2) is 36.2 Å². The molecule has 6 nitrogen and oxygen atoms in total. The van der Waals surface area contributed by atoms with E-state index in [0.717, 1.165) is 6.42 Å². The molecule has 1 aliphatic heterocycles. The number of rotatable bonds is 5. The summed E-state index contributed by atoms with van der Waals surface area (Å²) in [6, 6.07) is 7.86. The van der Waals surface area contributed by atoms with Crippen LogP contribution in [0.5, 0.6) is 0 Å². The highest BCUT2D eigenvalue weighted by Gasteiger charge is 2.32. The summed E-state index contributed by atoms with van der Waals surface area (Å²) in [5.41, 5.74) is 0.233. The van der Waals surface area contributed by atoms with Gasteiger partial charge in [-0.05, 0) is 37.1 Å². The first-order valence-corrected chi connectivity index (χ1v) is 8.02. The van der Waals surface area contributed by atoms with E-state index in [4.69, 9.17) is 9.15 Å². The molecule has 1 fully saturated rings. The molecule has 2 atom stereocenters. The standard InChI is InChI=1S/C18H18FNO5/c19-13-6-2-1-5-12(13)14-7-8-15(25-14)17(21)20-16(18(22)23)11-4-3-9-24-10-11/h1-2,5-8,11,16H,3-4,9-10H2,(H,20,21)(H,22,23). The fourth-order valence-corrected chi connectivity index (χ4v) is 2.89. The summed E-state index contributed by atoms with van der Waals surface area (Å²) >= 11 is 0. The van der Waals surface area contributed by atoms with Crippen LogP contribution in [0.2, 0.25) is 0 Å². The summed E-state index contributed by atoms with van der Waals surface area (Å²) in [7, 11) is 0. The van der Waals surface area contributed by atoms with Crippen molar-refractivity contribution < 1.29 is 28.2 Å². The highest BCUT2D eigenvalue weighted by atomic mass is 19.1. The van der Waals surface area contributed by atoms with Crippen molar-refractivity contribution in [2.75, 3.05) is 13.2 Å². The summed E-state index contributed by atoms with van der Waals surface area (Å²) in [4.78, 5) is 23.8. The van der Waals surface area contributed by atoms with Crippen LogP contribution in [0.3, 0.4) is 0 Å². The summed E-state index contributed by atoms with van der Waals surface area (Å²) in [5.74, 6) is -2.40. The number of amides is 1. The SMILES string of the molecule is O=C(NC(C(=O)O)C1CCCOC1)c1ccc(-c2ccccc2F)o1. The minimum absolute atomic E-state index is 0.0683. The molecule has 2 heterocycles. The van der Waals surface area contributed by atoms with Crippen molar-refractivity contribution >= 4 is 11.9 Å². The number of carbonyl (C=O) groups excluding carboxylic acids is 1. The van der Waals surface area contributed by atoms with E-state index in [1.807, 2.05) is 0 Å². The Bertz CT molecular complexity index is 766. The second kappa shape index (κ2) is 7.48. The molecule has 1 aliphatic rings. The third kappa shape index (κ3) is 3.88. The number of hydrogen-bond donors (Lipinski definition) is 2. The fraction of sp³-hybridized carbons (Fsp3) is 0.333. The molecule has 0 radical (unpaired) electrons. The minimum Gasteiger partial charge on any atom is -0.480 e. The Labute approximate surface area is 143 Å². The molecule has 2 aromatic rings. The number of benzene rings is 1. The zero-order valence-corrected chi connectivity index (χ0v) is 13.4. The number of nitrogens with one attached hydrogen (secondary N) is 1.